The fraction of sp³-hybridized carbons (Fsp3) is 0.190. The molecular formula is C42H37N3O6S. The lowest BCUT2D eigenvalue weighted by atomic mass is 9.91. The molecule has 1 saturated heterocycles. The first-order valence-electron chi connectivity index (χ1n) is 17.0. The molecule has 1 fully saturated rings. The minimum absolute atomic E-state index is 0.00367. The van der Waals surface area contributed by atoms with Gasteiger partial charge in [-0.3, -0.25) is 9.78 Å². The molecule has 52 heavy (non-hydrogen) atoms. The number of carbonyl (C=O) groups is 2. The van der Waals surface area contributed by atoms with Crippen molar-refractivity contribution in [1.29, 1.82) is 0 Å². The van der Waals surface area contributed by atoms with Gasteiger partial charge in [0.25, 0.3) is 5.91 Å². The van der Waals surface area contributed by atoms with Gasteiger partial charge in [0.2, 0.25) is 0 Å². The van der Waals surface area contributed by atoms with Crippen LogP contribution in [0.1, 0.15) is 62.4 Å². The Kier molecular flexibility index (Phi) is 10.7. The summed E-state index contributed by atoms with van der Waals surface area (Å²) in [6, 6.07) is 38.2. The van der Waals surface area contributed by atoms with Gasteiger partial charge in [-0.15, -0.1) is 11.8 Å². The number of hydrogen-bond acceptors (Lipinski definition) is 8. The van der Waals surface area contributed by atoms with Crippen LogP contribution in [0.4, 0.5) is 0 Å². The normalized spacial score (nSPS) is 18.6. The Labute approximate surface area is 305 Å². The summed E-state index contributed by atoms with van der Waals surface area (Å²) < 4.78 is 13.3. The number of aliphatic hydroxyl groups is 1. The summed E-state index contributed by atoms with van der Waals surface area (Å²) in [5, 5.41) is 21.9. The van der Waals surface area contributed by atoms with Gasteiger partial charge in [-0.05, 0) is 64.2 Å². The summed E-state index contributed by atoms with van der Waals surface area (Å²) in [4.78, 5) is 34.1. The molecule has 5 aromatic carbocycles. The third kappa shape index (κ3) is 7.90. The Balaban J connectivity index is 1.08. The van der Waals surface area contributed by atoms with Crippen molar-refractivity contribution in [1.82, 2.24) is 15.3 Å². The number of aromatic carboxylic acids is 1. The van der Waals surface area contributed by atoms with Crippen molar-refractivity contribution >= 4 is 34.7 Å². The minimum atomic E-state index is -0.954. The molecular weight excluding hydrogens is 675 g/mol. The maximum absolute atomic E-state index is 13.0. The zero-order chi connectivity index (χ0) is 36.0. The molecule has 7 rings (SSSR count). The Morgan fingerprint density at radius 1 is 0.808 bits per heavy atom. The second-order valence-corrected chi connectivity index (χ2v) is 13.8. The van der Waals surface area contributed by atoms with Crippen LogP contribution >= 0.6 is 11.8 Å². The number of nitrogens with zero attached hydrogens (tertiary/aromatic N) is 2. The Bertz CT molecular complexity index is 2180. The van der Waals surface area contributed by atoms with Crippen LogP contribution in [-0.4, -0.2) is 43.9 Å². The number of ether oxygens (including phenoxy) is 2. The minimum Gasteiger partial charge on any atom is -0.478 e. The van der Waals surface area contributed by atoms with Crippen LogP contribution < -0.4 is 5.32 Å². The lowest BCUT2D eigenvalue weighted by Crippen LogP contribution is -2.38. The van der Waals surface area contributed by atoms with Gasteiger partial charge >= 0.3 is 5.97 Å². The molecule has 0 spiro atoms. The maximum Gasteiger partial charge on any atom is 0.335 e. The fourth-order valence-electron chi connectivity index (χ4n) is 6.29. The molecule has 1 aliphatic rings. The van der Waals surface area contributed by atoms with Gasteiger partial charge in [-0.2, -0.15) is 0 Å². The highest BCUT2D eigenvalue weighted by molar-refractivity contribution is 7.99. The van der Waals surface area contributed by atoms with E-state index in [9.17, 15) is 19.8 Å². The predicted molar refractivity (Wildman–Crippen MR) is 200 cm³/mol. The van der Waals surface area contributed by atoms with Crippen molar-refractivity contribution in [2.24, 2.45) is 5.92 Å². The van der Waals surface area contributed by atoms with Gasteiger partial charge < -0.3 is 25.0 Å². The molecule has 0 radical (unpaired) electrons. The molecule has 2 heterocycles. The quantitative estimate of drug-likeness (QED) is 0.114. The van der Waals surface area contributed by atoms with Crippen LogP contribution in [0.3, 0.4) is 0 Å². The largest absolute Gasteiger partial charge is 0.478 e. The molecule has 9 nitrogen and oxygen atoms in total. The summed E-state index contributed by atoms with van der Waals surface area (Å²) in [6.07, 6.45) is 0.421. The zero-order valence-corrected chi connectivity index (χ0v) is 29.2. The lowest BCUT2D eigenvalue weighted by Gasteiger charge is -2.41. The van der Waals surface area contributed by atoms with E-state index in [1.165, 1.54) is 6.20 Å². The summed E-state index contributed by atoms with van der Waals surface area (Å²) in [7, 11) is 0. The Morgan fingerprint density at radius 3 is 2.23 bits per heavy atom. The third-order valence-electron chi connectivity index (χ3n) is 9.27. The van der Waals surface area contributed by atoms with E-state index in [4.69, 9.17) is 9.47 Å². The van der Waals surface area contributed by atoms with E-state index >= 15 is 0 Å². The smallest absolute Gasteiger partial charge is 0.335 e. The van der Waals surface area contributed by atoms with E-state index in [2.05, 4.69) is 22.2 Å². The highest BCUT2D eigenvalue weighted by atomic mass is 32.2. The van der Waals surface area contributed by atoms with E-state index in [0.717, 1.165) is 43.8 Å². The maximum atomic E-state index is 13.0. The molecule has 0 bridgehead atoms. The molecule has 0 saturated carbocycles. The fourth-order valence-corrected chi connectivity index (χ4v) is 7.36. The number of nitrogens with one attached hydrogen (secondary N) is 1. The summed E-state index contributed by atoms with van der Waals surface area (Å²) in [5.74, 6) is -0.608. The van der Waals surface area contributed by atoms with Crippen LogP contribution in [0, 0.1) is 5.92 Å². The van der Waals surface area contributed by atoms with Crippen LogP contribution in [0.5, 0.6) is 0 Å². The van der Waals surface area contributed by atoms with Crippen molar-refractivity contribution in [2.45, 2.75) is 43.5 Å². The summed E-state index contributed by atoms with van der Waals surface area (Å²) in [5.41, 5.74) is 7.54. The van der Waals surface area contributed by atoms with E-state index < -0.39 is 12.3 Å². The second-order valence-electron chi connectivity index (χ2n) is 12.7. The van der Waals surface area contributed by atoms with Gasteiger partial charge in [0.05, 0.1) is 41.6 Å². The number of fused-ring (bicyclic) bond motifs is 1. The number of rotatable bonds is 11. The topological polar surface area (TPSA) is 131 Å². The van der Waals surface area contributed by atoms with Gasteiger partial charge in [0.1, 0.15) is 5.69 Å². The average Bonchev–Trinajstić information content (AvgIpc) is 3.19. The number of amides is 1. The van der Waals surface area contributed by atoms with E-state index in [0.29, 0.717) is 17.8 Å². The predicted octanol–water partition coefficient (Wildman–Crippen LogP) is 8.00. The molecule has 1 amide bonds. The number of thioether (sulfide) groups is 1. The van der Waals surface area contributed by atoms with Gasteiger partial charge in [-0.1, -0.05) is 91.9 Å². The Morgan fingerprint density at radius 2 is 1.50 bits per heavy atom. The number of carbonyl (C=O) groups excluding carboxylic acids is 1. The van der Waals surface area contributed by atoms with Crippen LogP contribution in [0.25, 0.3) is 22.2 Å². The lowest BCUT2D eigenvalue weighted by molar-refractivity contribution is -0.268. The number of aliphatic hydroxyl groups excluding tert-OH is 1. The molecule has 3 N–H and O–H groups in total. The van der Waals surface area contributed by atoms with Crippen molar-refractivity contribution < 1.29 is 29.3 Å². The van der Waals surface area contributed by atoms with Crippen LogP contribution in [-0.2, 0) is 22.6 Å². The Hall–Kier alpha value is -5.39. The summed E-state index contributed by atoms with van der Waals surface area (Å²) in [6.45, 7) is 2.39. The number of hydrogen-bond donors (Lipinski definition) is 3. The standard InChI is InChI=1S/C42H37N3O6S/c1-26-38(25-52-33-20-18-30(19-21-33)41(48)49)50-42(51-39(26)29-12-10-27(24-46)11-13-29)31-16-14-28(15-17-31)34-7-3-2-6-32(34)22-44-40(47)37-23-43-35-8-4-5-9-36(35)45-37/h2-21,23,26,38-39,42,46H,22,24-25H2,1H3,(H,44,47)(H,48,49)/t26-,38+,39+,42+/m0/s1. The highest BCUT2D eigenvalue weighted by Crippen LogP contribution is 2.43. The van der Waals surface area contributed by atoms with Crippen LogP contribution in [0.15, 0.2) is 132 Å². The number of benzene rings is 5. The molecule has 0 aliphatic carbocycles. The average molecular weight is 712 g/mol. The number of carboxylic acid groups (broad SMARTS) is 1. The SMILES string of the molecule is C[C@H]1[C@@H](CSc2ccc(C(=O)O)cc2)O[C@@H](c2ccc(-c3ccccc3CNC(=O)c3cnc4ccccc4n3)cc2)O[C@H]1c1ccc(CO)cc1. The van der Waals surface area contributed by atoms with Crippen molar-refractivity contribution in [3.8, 4) is 11.1 Å². The monoisotopic (exact) mass is 711 g/mol. The van der Waals surface area contributed by atoms with Gasteiger partial charge in [-0.25, -0.2) is 9.78 Å². The molecule has 1 aliphatic heterocycles. The highest BCUT2D eigenvalue weighted by Gasteiger charge is 2.38. The first-order chi connectivity index (χ1) is 25.4. The van der Waals surface area contributed by atoms with Crippen molar-refractivity contribution in [3.05, 3.63) is 161 Å². The zero-order valence-electron chi connectivity index (χ0n) is 28.4. The molecule has 10 heteroatoms. The number of para-hydroxylation sites is 2. The van der Waals surface area contributed by atoms with Crippen LogP contribution in [0.2, 0.25) is 0 Å². The first kappa shape index (κ1) is 35.0. The third-order valence-corrected chi connectivity index (χ3v) is 10.4. The summed E-state index contributed by atoms with van der Waals surface area (Å²) >= 11 is 1.61. The molecule has 1 aromatic heterocycles. The van der Waals surface area contributed by atoms with Crippen molar-refractivity contribution in [2.75, 3.05) is 5.75 Å². The molecule has 4 atom stereocenters. The van der Waals surface area contributed by atoms with E-state index in [1.807, 2.05) is 109 Å². The van der Waals surface area contributed by atoms with Gasteiger partial charge in [0, 0.05) is 28.7 Å². The van der Waals surface area contributed by atoms with Crippen molar-refractivity contribution in [3.63, 3.8) is 0 Å². The number of carboxylic acids is 1. The number of aromatic nitrogens is 2. The molecule has 6 aromatic rings. The molecule has 262 valence electrons. The van der Waals surface area contributed by atoms with E-state index in [1.54, 1.807) is 23.9 Å². The van der Waals surface area contributed by atoms with E-state index in [-0.39, 0.29) is 41.9 Å². The van der Waals surface area contributed by atoms with Gasteiger partial charge in [0.15, 0.2) is 6.29 Å². The molecule has 0 unspecified atom stereocenters. The second kappa shape index (κ2) is 15.9. The first-order valence-corrected chi connectivity index (χ1v) is 18.0.